The number of aromatic nitrogens is 2. The third-order valence-electron chi connectivity index (χ3n) is 4.66. The lowest BCUT2D eigenvalue weighted by Crippen LogP contribution is -2.33. The predicted molar refractivity (Wildman–Crippen MR) is 85.3 cm³/mol. The lowest BCUT2D eigenvalue weighted by atomic mass is 9.83. The SMILES string of the molecule is CCCC1CCC(NCc2c(C)nc3sccn23)CC1. The minimum Gasteiger partial charge on any atom is -0.308 e. The smallest absolute Gasteiger partial charge is 0.194 e. The Morgan fingerprint density at radius 3 is 2.90 bits per heavy atom. The molecule has 3 rings (SSSR count). The van der Waals surface area contributed by atoms with Crippen LogP contribution in [0.5, 0.6) is 0 Å². The van der Waals surface area contributed by atoms with Crippen LogP contribution in [0.25, 0.3) is 4.96 Å². The van der Waals surface area contributed by atoms with Crippen LogP contribution in [0.3, 0.4) is 0 Å². The largest absolute Gasteiger partial charge is 0.308 e. The molecule has 0 spiro atoms. The van der Waals surface area contributed by atoms with E-state index in [-0.39, 0.29) is 0 Å². The number of hydrogen-bond donors (Lipinski definition) is 1. The first kappa shape index (κ1) is 14.1. The zero-order chi connectivity index (χ0) is 13.9. The topological polar surface area (TPSA) is 29.3 Å². The van der Waals surface area contributed by atoms with Gasteiger partial charge in [0.1, 0.15) is 0 Å². The standard InChI is InChI=1S/C16H25N3S/c1-3-4-13-5-7-14(8-6-13)17-11-15-12(2)18-16-19(15)9-10-20-16/h9-10,13-14,17H,3-8,11H2,1-2H3. The Bertz CT molecular complexity index is 549. The Kier molecular flexibility index (Phi) is 4.41. The van der Waals surface area contributed by atoms with E-state index in [1.54, 1.807) is 11.3 Å². The minimum absolute atomic E-state index is 0.701. The Morgan fingerprint density at radius 1 is 1.35 bits per heavy atom. The fourth-order valence-corrected chi connectivity index (χ4v) is 4.24. The number of thiazole rings is 1. The number of imidazole rings is 1. The fourth-order valence-electron chi connectivity index (χ4n) is 3.46. The highest BCUT2D eigenvalue weighted by atomic mass is 32.1. The van der Waals surface area contributed by atoms with Crippen LogP contribution in [-0.4, -0.2) is 15.4 Å². The predicted octanol–water partition coefficient (Wildman–Crippen LogP) is 4.15. The van der Waals surface area contributed by atoms with Crippen molar-refractivity contribution in [3.05, 3.63) is 23.0 Å². The highest BCUT2D eigenvalue weighted by Gasteiger charge is 2.20. The first-order valence-corrected chi connectivity index (χ1v) is 8.80. The van der Waals surface area contributed by atoms with E-state index in [1.165, 1.54) is 49.9 Å². The Morgan fingerprint density at radius 2 is 2.15 bits per heavy atom. The average molecular weight is 291 g/mol. The summed E-state index contributed by atoms with van der Waals surface area (Å²) in [6.07, 6.45) is 10.4. The van der Waals surface area contributed by atoms with Crippen LogP contribution in [0.15, 0.2) is 11.6 Å². The van der Waals surface area contributed by atoms with Gasteiger partial charge >= 0.3 is 0 Å². The van der Waals surface area contributed by atoms with Crippen molar-refractivity contribution in [2.75, 3.05) is 0 Å². The van der Waals surface area contributed by atoms with E-state index in [2.05, 4.69) is 40.1 Å². The number of fused-ring (bicyclic) bond motifs is 1. The van der Waals surface area contributed by atoms with E-state index in [0.717, 1.165) is 17.4 Å². The Balaban J connectivity index is 1.55. The maximum absolute atomic E-state index is 4.61. The van der Waals surface area contributed by atoms with Crippen molar-refractivity contribution < 1.29 is 0 Å². The van der Waals surface area contributed by atoms with Crippen LogP contribution >= 0.6 is 11.3 Å². The molecule has 1 aliphatic carbocycles. The molecular formula is C16H25N3S. The van der Waals surface area contributed by atoms with Gasteiger partial charge in [-0.1, -0.05) is 19.8 Å². The van der Waals surface area contributed by atoms with Crippen molar-refractivity contribution in [2.45, 2.75) is 65.0 Å². The third kappa shape index (κ3) is 2.91. The molecule has 1 fully saturated rings. The van der Waals surface area contributed by atoms with Crippen molar-refractivity contribution in [3.8, 4) is 0 Å². The molecular weight excluding hydrogens is 266 g/mol. The molecule has 0 amide bonds. The molecule has 1 aliphatic rings. The van der Waals surface area contributed by atoms with Crippen LogP contribution in [-0.2, 0) is 6.54 Å². The van der Waals surface area contributed by atoms with Gasteiger partial charge in [-0.15, -0.1) is 11.3 Å². The number of hydrogen-bond acceptors (Lipinski definition) is 3. The van der Waals surface area contributed by atoms with Gasteiger partial charge in [-0.3, -0.25) is 4.40 Å². The van der Waals surface area contributed by atoms with Gasteiger partial charge in [-0.25, -0.2) is 4.98 Å². The molecule has 3 nitrogen and oxygen atoms in total. The van der Waals surface area contributed by atoms with Gasteiger partial charge in [0.2, 0.25) is 0 Å². The molecule has 4 heteroatoms. The number of rotatable bonds is 5. The number of nitrogens with zero attached hydrogens (tertiary/aromatic N) is 2. The highest BCUT2D eigenvalue weighted by molar-refractivity contribution is 7.15. The summed E-state index contributed by atoms with van der Waals surface area (Å²) in [5.41, 5.74) is 2.50. The lowest BCUT2D eigenvalue weighted by molar-refractivity contribution is 0.277. The molecule has 0 saturated heterocycles. The van der Waals surface area contributed by atoms with E-state index in [4.69, 9.17) is 0 Å². The van der Waals surface area contributed by atoms with Crippen molar-refractivity contribution in [1.29, 1.82) is 0 Å². The van der Waals surface area contributed by atoms with Crippen molar-refractivity contribution in [3.63, 3.8) is 0 Å². The Hall–Kier alpha value is -0.870. The van der Waals surface area contributed by atoms with E-state index in [1.807, 2.05) is 0 Å². The van der Waals surface area contributed by atoms with Gasteiger partial charge in [0.05, 0.1) is 11.4 Å². The zero-order valence-electron chi connectivity index (χ0n) is 12.6. The molecule has 2 heterocycles. The molecule has 20 heavy (non-hydrogen) atoms. The molecule has 0 atom stereocenters. The molecule has 0 bridgehead atoms. The average Bonchev–Trinajstić information content (AvgIpc) is 2.99. The quantitative estimate of drug-likeness (QED) is 0.896. The molecule has 0 unspecified atom stereocenters. The zero-order valence-corrected chi connectivity index (χ0v) is 13.4. The number of aryl methyl sites for hydroxylation is 1. The van der Waals surface area contributed by atoms with Crippen LogP contribution in [0, 0.1) is 12.8 Å². The van der Waals surface area contributed by atoms with Crippen LogP contribution in [0.4, 0.5) is 0 Å². The maximum Gasteiger partial charge on any atom is 0.194 e. The van der Waals surface area contributed by atoms with Crippen LogP contribution in [0.1, 0.15) is 56.8 Å². The second kappa shape index (κ2) is 6.27. The fraction of sp³-hybridized carbons (Fsp3) is 0.688. The summed E-state index contributed by atoms with van der Waals surface area (Å²) in [4.78, 5) is 5.73. The molecule has 110 valence electrons. The lowest BCUT2D eigenvalue weighted by Gasteiger charge is -2.29. The van der Waals surface area contributed by atoms with Crippen molar-refractivity contribution >= 4 is 16.3 Å². The number of nitrogens with one attached hydrogen (secondary N) is 1. The van der Waals surface area contributed by atoms with E-state index in [9.17, 15) is 0 Å². The first-order chi connectivity index (χ1) is 9.78. The monoisotopic (exact) mass is 291 g/mol. The second-order valence-electron chi connectivity index (χ2n) is 6.09. The summed E-state index contributed by atoms with van der Waals surface area (Å²) in [5, 5.41) is 5.87. The van der Waals surface area contributed by atoms with Crippen molar-refractivity contribution in [2.24, 2.45) is 5.92 Å². The van der Waals surface area contributed by atoms with Crippen LogP contribution < -0.4 is 5.32 Å². The van der Waals surface area contributed by atoms with Gasteiger partial charge in [0.15, 0.2) is 4.96 Å². The third-order valence-corrected chi connectivity index (χ3v) is 5.42. The summed E-state index contributed by atoms with van der Waals surface area (Å²) < 4.78 is 2.23. The summed E-state index contributed by atoms with van der Waals surface area (Å²) in [5.74, 6) is 0.985. The Labute approximate surface area is 125 Å². The first-order valence-electron chi connectivity index (χ1n) is 7.92. The van der Waals surface area contributed by atoms with Gasteiger partial charge in [0, 0.05) is 24.2 Å². The highest BCUT2D eigenvalue weighted by Crippen LogP contribution is 2.28. The molecule has 2 aromatic heterocycles. The minimum atomic E-state index is 0.701. The van der Waals surface area contributed by atoms with E-state index < -0.39 is 0 Å². The second-order valence-corrected chi connectivity index (χ2v) is 6.96. The van der Waals surface area contributed by atoms with Crippen molar-refractivity contribution in [1.82, 2.24) is 14.7 Å². The van der Waals surface area contributed by atoms with Gasteiger partial charge in [-0.2, -0.15) is 0 Å². The molecule has 0 aromatic carbocycles. The molecule has 2 aromatic rings. The molecule has 1 saturated carbocycles. The van der Waals surface area contributed by atoms with Crippen LogP contribution in [0.2, 0.25) is 0 Å². The summed E-state index contributed by atoms with van der Waals surface area (Å²) in [7, 11) is 0. The van der Waals surface area contributed by atoms with E-state index in [0.29, 0.717) is 6.04 Å². The maximum atomic E-state index is 4.61. The van der Waals surface area contributed by atoms with Gasteiger partial charge < -0.3 is 5.32 Å². The molecule has 1 N–H and O–H groups in total. The summed E-state index contributed by atoms with van der Waals surface area (Å²) >= 11 is 1.71. The molecule has 0 aliphatic heterocycles. The summed E-state index contributed by atoms with van der Waals surface area (Å²) in [6, 6.07) is 0.701. The van der Waals surface area contributed by atoms with E-state index >= 15 is 0 Å². The van der Waals surface area contributed by atoms with Gasteiger partial charge in [0.25, 0.3) is 0 Å². The van der Waals surface area contributed by atoms with Gasteiger partial charge in [-0.05, 0) is 38.5 Å². The normalized spacial score (nSPS) is 23.5. The summed E-state index contributed by atoms with van der Waals surface area (Å²) in [6.45, 7) is 5.38. The molecule has 0 radical (unpaired) electrons.